The van der Waals surface area contributed by atoms with Crippen LogP contribution in [0.5, 0.6) is 0 Å². The first-order chi connectivity index (χ1) is 10.1. The van der Waals surface area contributed by atoms with E-state index in [4.69, 9.17) is 5.11 Å². The van der Waals surface area contributed by atoms with Crippen molar-refractivity contribution in [1.29, 1.82) is 0 Å². The molecule has 3 rings (SSSR count). The van der Waals surface area contributed by atoms with Gasteiger partial charge in [0.2, 0.25) is 0 Å². The van der Waals surface area contributed by atoms with Crippen LogP contribution >= 0.6 is 0 Å². The Labute approximate surface area is 121 Å². The Hall–Kier alpha value is -2.82. The van der Waals surface area contributed by atoms with E-state index in [1.54, 1.807) is 18.2 Å². The monoisotopic (exact) mass is 281 g/mol. The van der Waals surface area contributed by atoms with Crippen molar-refractivity contribution in [3.05, 3.63) is 65.6 Å². The van der Waals surface area contributed by atoms with Crippen molar-refractivity contribution in [1.82, 2.24) is 9.38 Å². The smallest absolute Gasteiger partial charge is 0.335 e. The molecule has 106 valence electrons. The summed E-state index contributed by atoms with van der Waals surface area (Å²) in [4.78, 5) is 15.5. The Kier molecular flexibility index (Phi) is 3.31. The number of hydrogen-bond donors (Lipinski definition) is 2. The Morgan fingerprint density at radius 1 is 1.33 bits per heavy atom. The molecular formula is C16H15N3O2. The van der Waals surface area contributed by atoms with Crippen LogP contribution in [-0.4, -0.2) is 20.5 Å². The summed E-state index contributed by atoms with van der Waals surface area (Å²) in [6, 6.07) is 10.9. The lowest BCUT2D eigenvalue weighted by atomic mass is 10.1. The molecule has 0 aliphatic rings. The van der Waals surface area contributed by atoms with Crippen molar-refractivity contribution in [3.63, 3.8) is 0 Å². The highest BCUT2D eigenvalue weighted by molar-refractivity contribution is 5.89. The fourth-order valence-corrected chi connectivity index (χ4v) is 2.20. The second kappa shape index (κ2) is 5.28. The summed E-state index contributed by atoms with van der Waals surface area (Å²) in [5, 5.41) is 12.3. The molecule has 0 fully saturated rings. The lowest BCUT2D eigenvalue weighted by molar-refractivity contribution is 0.0697. The molecule has 0 unspecified atom stereocenters. The van der Waals surface area contributed by atoms with Gasteiger partial charge in [0.05, 0.1) is 17.8 Å². The van der Waals surface area contributed by atoms with E-state index in [1.807, 2.05) is 41.9 Å². The molecule has 0 saturated heterocycles. The number of carbonyl (C=O) groups is 1. The normalized spacial score (nSPS) is 10.7. The van der Waals surface area contributed by atoms with Crippen LogP contribution in [-0.2, 0) is 6.54 Å². The maximum atomic E-state index is 11.0. The highest BCUT2D eigenvalue weighted by Crippen LogP contribution is 2.18. The number of rotatable bonds is 4. The molecule has 1 aromatic carbocycles. The van der Waals surface area contributed by atoms with Gasteiger partial charge in [0.15, 0.2) is 0 Å². The number of fused-ring (bicyclic) bond motifs is 1. The first-order valence-electron chi connectivity index (χ1n) is 6.64. The van der Waals surface area contributed by atoms with Crippen LogP contribution in [0.2, 0.25) is 0 Å². The number of hydrogen-bond acceptors (Lipinski definition) is 3. The van der Waals surface area contributed by atoms with Gasteiger partial charge in [0.25, 0.3) is 0 Å². The summed E-state index contributed by atoms with van der Waals surface area (Å²) >= 11 is 0. The average molecular weight is 281 g/mol. The zero-order valence-corrected chi connectivity index (χ0v) is 11.6. The highest BCUT2D eigenvalue weighted by atomic mass is 16.4. The molecule has 0 bridgehead atoms. The number of aryl methyl sites for hydroxylation is 1. The van der Waals surface area contributed by atoms with E-state index in [-0.39, 0.29) is 5.56 Å². The second-order valence-electron chi connectivity index (χ2n) is 4.89. The first kappa shape index (κ1) is 13.2. The molecule has 5 heteroatoms. The molecule has 21 heavy (non-hydrogen) atoms. The molecule has 0 saturated carbocycles. The molecule has 0 amide bonds. The molecular weight excluding hydrogens is 266 g/mol. The highest BCUT2D eigenvalue weighted by Gasteiger charge is 2.07. The third kappa shape index (κ3) is 2.72. The number of pyridine rings is 1. The number of nitrogens with one attached hydrogen (secondary N) is 1. The van der Waals surface area contributed by atoms with Crippen LogP contribution in [0.3, 0.4) is 0 Å². The van der Waals surface area contributed by atoms with E-state index in [0.29, 0.717) is 6.54 Å². The predicted octanol–water partition coefficient (Wildman–Crippen LogP) is 2.95. The van der Waals surface area contributed by atoms with Gasteiger partial charge < -0.3 is 14.8 Å². The molecule has 0 radical (unpaired) electrons. The Bertz CT molecular complexity index is 775. The topological polar surface area (TPSA) is 66.6 Å². The number of imidazole rings is 1. The van der Waals surface area contributed by atoms with Crippen LogP contribution in [0.25, 0.3) is 5.65 Å². The average Bonchev–Trinajstić information content (AvgIpc) is 2.89. The third-order valence-electron chi connectivity index (χ3n) is 3.36. The van der Waals surface area contributed by atoms with Crippen LogP contribution in [0.15, 0.2) is 48.8 Å². The van der Waals surface area contributed by atoms with E-state index in [1.165, 1.54) is 0 Å². The number of carboxylic acid groups (broad SMARTS) is 1. The van der Waals surface area contributed by atoms with Crippen LogP contribution < -0.4 is 5.32 Å². The van der Waals surface area contributed by atoms with Crippen molar-refractivity contribution in [2.75, 3.05) is 5.32 Å². The van der Waals surface area contributed by atoms with E-state index < -0.39 is 5.97 Å². The van der Waals surface area contributed by atoms with Crippen molar-refractivity contribution < 1.29 is 9.90 Å². The van der Waals surface area contributed by atoms with Gasteiger partial charge in [0, 0.05) is 18.1 Å². The fraction of sp³-hybridized carbons (Fsp3) is 0.125. The summed E-state index contributed by atoms with van der Waals surface area (Å²) in [5.74, 6) is -0.925. The Morgan fingerprint density at radius 2 is 2.19 bits per heavy atom. The Balaban J connectivity index is 1.80. The zero-order valence-electron chi connectivity index (χ0n) is 11.6. The lowest BCUT2D eigenvalue weighted by Gasteiger charge is -2.09. The molecule has 0 aliphatic carbocycles. The minimum atomic E-state index is -0.925. The first-order valence-corrected chi connectivity index (χ1v) is 6.64. The molecule has 2 N–H and O–H groups in total. The molecule has 0 atom stereocenters. The second-order valence-corrected chi connectivity index (χ2v) is 4.89. The van der Waals surface area contributed by atoms with Crippen LogP contribution in [0.4, 0.5) is 5.69 Å². The fourth-order valence-electron chi connectivity index (χ4n) is 2.20. The minimum absolute atomic E-state index is 0.276. The van der Waals surface area contributed by atoms with Crippen LogP contribution in [0, 0.1) is 6.92 Å². The van der Waals surface area contributed by atoms with Gasteiger partial charge in [-0.05, 0) is 36.8 Å². The summed E-state index contributed by atoms with van der Waals surface area (Å²) < 4.78 is 1.96. The van der Waals surface area contributed by atoms with E-state index in [2.05, 4.69) is 10.3 Å². The summed E-state index contributed by atoms with van der Waals surface area (Å²) in [6.07, 6.45) is 3.90. The summed E-state index contributed by atoms with van der Waals surface area (Å²) in [7, 11) is 0. The third-order valence-corrected chi connectivity index (χ3v) is 3.36. The van der Waals surface area contributed by atoms with E-state index >= 15 is 0 Å². The number of benzene rings is 1. The van der Waals surface area contributed by atoms with Gasteiger partial charge in [-0.3, -0.25) is 0 Å². The van der Waals surface area contributed by atoms with Crippen molar-refractivity contribution in [2.45, 2.75) is 13.5 Å². The lowest BCUT2D eigenvalue weighted by Crippen LogP contribution is -2.04. The Morgan fingerprint density at radius 3 is 2.95 bits per heavy atom. The summed E-state index contributed by atoms with van der Waals surface area (Å²) in [6.45, 7) is 2.49. The standard InChI is InChI=1S/C16H15N3O2/c1-11-5-6-12(16(20)21)8-14(11)17-9-13-10-19-7-3-2-4-15(19)18-13/h2-8,10,17H,9H2,1H3,(H,20,21). The zero-order chi connectivity index (χ0) is 14.8. The molecule has 0 spiro atoms. The van der Waals surface area contributed by atoms with E-state index in [0.717, 1.165) is 22.6 Å². The number of anilines is 1. The van der Waals surface area contributed by atoms with Gasteiger partial charge in [-0.1, -0.05) is 12.1 Å². The van der Waals surface area contributed by atoms with Gasteiger partial charge >= 0.3 is 5.97 Å². The minimum Gasteiger partial charge on any atom is -0.478 e. The molecule has 3 aromatic rings. The van der Waals surface area contributed by atoms with Crippen molar-refractivity contribution in [2.24, 2.45) is 0 Å². The number of nitrogens with zero attached hydrogens (tertiary/aromatic N) is 2. The number of aromatic nitrogens is 2. The maximum absolute atomic E-state index is 11.0. The molecule has 5 nitrogen and oxygen atoms in total. The molecule has 2 aromatic heterocycles. The molecule has 2 heterocycles. The maximum Gasteiger partial charge on any atom is 0.335 e. The SMILES string of the molecule is Cc1ccc(C(=O)O)cc1NCc1cn2ccccc2n1. The largest absolute Gasteiger partial charge is 0.478 e. The summed E-state index contributed by atoms with van der Waals surface area (Å²) in [5.41, 5.74) is 3.89. The van der Waals surface area contributed by atoms with Gasteiger partial charge in [0.1, 0.15) is 5.65 Å². The number of aromatic carboxylic acids is 1. The van der Waals surface area contributed by atoms with Gasteiger partial charge in [-0.15, -0.1) is 0 Å². The number of carboxylic acids is 1. The van der Waals surface area contributed by atoms with Crippen molar-refractivity contribution in [3.8, 4) is 0 Å². The van der Waals surface area contributed by atoms with Crippen molar-refractivity contribution >= 4 is 17.3 Å². The van der Waals surface area contributed by atoms with Gasteiger partial charge in [-0.25, -0.2) is 9.78 Å². The van der Waals surface area contributed by atoms with Gasteiger partial charge in [-0.2, -0.15) is 0 Å². The molecule has 0 aliphatic heterocycles. The van der Waals surface area contributed by atoms with Crippen LogP contribution in [0.1, 0.15) is 21.6 Å². The predicted molar refractivity (Wildman–Crippen MR) is 80.7 cm³/mol. The van der Waals surface area contributed by atoms with E-state index in [9.17, 15) is 4.79 Å². The quantitative estimate of drug-likeness (QED) is 0.771.